The average Bonchev–Trinajstić information content (AvgIpc) is 2.96. The molecule has 0 spiro atoms. The Hall–Kier alpha value is -2.61. The van der Waals surface area contributed by atoms with E-state index in [2.05, 4.69) is 15.0 Å². The Kier molecular flexibility index (Phi) is 5.75. The maximum atomic E-state index is 12.3. The summed E-state index contributed by atoms with van der Waals surface area (Å²) in [6.07, 6.45) is -0.966. The van der Waals surface area contributed by atoms with E-state index in [-0.39, 0.29) is 0 Å². The Morgan fingerprint density at radius 2 is 2.00 bits per heavy atom. The molecule has 0 aliphatic carbocycles. The van der Waals surface area contributed by atoms with Crippen LogP contribution in [-0.4, -0.2) is 36.5 Å². The van der Waals surface area contributed by atoms with Gasteiger partial charge in [0, 0.05) is 7.05 Å². The first-order valence-corrected chi connectivity index (χ1v) is 8.04. The van der Waals surface area contributed by atoms with Gasteiger partial charge in [-0.05, 0) is 37.5 Å². The summed E-state index contributed by atoms with van der Waals surface area (Å²) in [5.41, 5.74) is 1.42. The quantitative estimate of drug-likeness (QED) is 0.780. The van der Waals surface area contributed by atoms with Crippen molar-refractivity contribution in [3.8, 4) is 5.75 Å². The van der Waals surface area contributed by atoms with Crippen molar-refractivity contribution >= 4 is 34.1 Å². The molecule has 0 fully saturated rings. The van der Waals surface area contributed by atoms with Crippen LogP contribution < -0.4 is 15.4 Å². The summed E-state index contributed by atoms with van der Waals surface area (Å²) in [5, 5.41) is 6.18. The summed E-state index contributed by atoms with van der Waals surface area (Å²) in [5.74, 6) is -0.507. The Labute approximate surface area is 144 Å². The molecule has 0 bridgehead atoms. The van der Waals surface area contributed by atoms with Crippen LogP contribution in [0.3, 0.4) is 0 Å². The van der Waals surface area contributed by atoms with Crippen molar-refractivity contribution in [1.82, 2.24) is 4.37 Å². The second-order valence-electron chi connectivity index (χ2n) is 4.96. The first-order chi connectivity index (χ1) is 11.5. The maximum absolute atomic E-state index is 12.3. The van der Waals surface area contributed by atoms with Gasteiger partial charge in [-0.3, -0.25) is 4.79 Å². The van der Waals surface area contributed by atoms with Gasteiger partial charge in [0.05, 0.1) is 18.5 Å². The summed E-state index contributed by atoms with van der Waals surface area (Å²) in [7, 11) is 3.21. The lowest BCUT2D eigenvalue weighted by Gasteiger charge is -2.15. The molecule has 0 aliphatic rings. The third kappa shape index (κ3) is 3.83. The number of rotatable bonds is 6. The number of carbonyl (C=O) groups is 2. The number of para-hydroxylation sites is 2. The third-order valence-corrected chi connectivity index (χ3v) is 4.27. The monoisotopic (exact) mass is 349 g/mol. The Balaban J connectivity index is 2.06. The third-order valence-electron chi connectivity index (χ3n) is 3.31. The van der Waals surface area contributed by atoms with Gasteiger partial charge in [0.25, 0.3) is 5.91 Å². The molecule has 128 valence electrons. The number of carbonyl (C=O) groups excluding carboxylic acids is 2. The zero-order valence-electron chi connectivity index (χ0n) is 13.9. The number of nitrogens with one attached hydrogen (secondary N) is 2. The summed E-state index contributed by atoms with van der Waals surface area (Å²) in [6.45, 7) is 3.23. The zero-order chi connectivity index (χ0) is 17.7. The van der Waals surface area contributed by atoms with E-state index in [4.69, 9.17) is 9.47 Å². The predicted molar refractivity (Wildman–Crippen MR) is 92.9 cm³/mol. The van der Waals surface area contributed by atoms with Crippen LogP contribution in [0.5, 0.6) is 5.75 Å². The molecule has 0 aliphatic heterocycles. The largest absolute Gasteiger partial charge is 0.495 e. The van der Waals surface area contributed by atoms with Crippen molar-refractivity contribution in [1.29, 1.82) is 0 Å². The van der Waals surface area contributed by atoms with Crippen molar-refractivity contribution in [3.05, 3.63) is 35.5 Å². The van der Waals surface area contributed by atoms with E-state index < -0.39 is 18.0 Å². The molecule has 7 nitrogen and oxygen atoms in total. The van der Waals surface area contributed by atoms with E-state index in [1.54, 1.807) is 38.2 Å². The van der Waals surface area contributed by atoms with Crippen molar-refractivity contribution in [3.63, 3.8) is 0 Å². The Bertz CT molecular complexity index is 745. The fraction of sp³-hybridized carbons (Fsp3) is 0.312. The SMILES string of the molecule is CNc1snc(C)c1C(=O)OC(C)C(=O)Nc1ccccc1OC. The lowest BCUT2D eigenvalue weighted by atomic mass is 10.2. The summed E-state index contributed by atoms with van der Waals surface area (Å²) in [4.78, 5) is 24.5. The van der Waals surface area contributed by atoms with Crippen molar-refractivity contribution in [2.75, 3.05) is 24.8 Å². The van der Waals surface area contributed by atoms with E-state index in [1.165, 1.54) is 25.6 Å². The second-order valence-corrected chi connectivity index (χ2v) is 5.73. The lowest BCUT2D eigenvalue weighted by molar-refractivity contribution is -0.123. The standard InChI is InChI=1S/C16H19N3O4S/c1-9-13(15(17-3)24-19-9)16(21)23-10(2)14(20)18-11-7-5-6-8-12(11)22-4/h5-8,10,17H,1-4H3,(H,18,20). The van der Waals surface area contributed by atoms with Crippen molar-refractivity contribution in [2.45, 2.75) is 20.0 Å². The minimum atomic E-state index is -0.966. The maximum Gasteiger partial charge on any atom is 0.343 e. The summed E-state index contributed by atoms with van der Waals surface area (Å²) >= 11 is 1.17. The number of esters is 1. The smallest absolute Gasteiger partial charge is 0.343 e. The second kappa shape index (κ2) is 7.78. The molecule has 1 atom stereocenters. The van der Waals surface area contributed by atoms with E-state index in [0.717, 1.165) is 0 Å². The summed E-state index contributed by atoms with van der Waals surface area (Å²) < 4.78 is 14.5. The minimum absolute atomic E-state index is 0.347. The molecule has 0 saturated heterocycles. The van der Waals surface area contributed by atoms with Gasteiger partial charge in [-0.1, -0.05) is 12.1 Å². The average molecular weight is 349 g/mol. The van der Waals surface area contributed by atoms with Gasteiger partial charge >= 0.3 is 5.97 Å². The Morgan fingerprint density at radius 1 is 1.29 bits per heavy atom. The molecule has 1 heterocycles. The fourth-order valence-corrected chi connectivity index (χ4v) is 2.77. The van der Waals surface area contributed by atoms with Crippen LogP contribution >= 0.6 is 11.5 Å². The highest BCUT2D eigenvalue weighted by Gasteiger charge is 2.24. The lowest BCUT2D eigenvalue weighted by Crippen LogP contribution is -2.30. The van der Waals surface area contributed by atoms with Crippen LogP contribution in [0.2, 0.25) is 0 Å². The Morgan fingerprint density at radius 3 is 2.67 bits per heavy atom. The molecule has 1 aromatic carbocycles. The van der Waals surface area contributed by atoms with Gasteiger partial charge in [-0.15, -0.1) is 0 Å². The molecule has 1 unspecified atom stereocenters. The molecule has 24 heavy (non-hydrogen) atoms. The number of benzene rings is 1. The van der Waals surface area contributed by atoms with Crippen LogP contribution in [0.1, 0.15) is 23.0 Å². The molecular formula is C16H19N3O4S. The van der Waals surface area contributed by atoms with Gasteiger partial charge in [0.2, 0.25) is 0 Å². The highest BCUT2D eigenvalue weighted by Crippen LogP contribution is 2.26. The van der Waals surface area contributed by atoms with E-state index in [9.17, 15) is 9.59 Å². The number of methoxy groups -OCH3 is 1. The van der Waals surface area contributed by atoms with Crippen molar-refractivity contribution < 1.29 is 19.1 Å². The van der Waals surface area contributed by atoms with E-state index in [1.807, 2.05) is 0 Å². The van der Waals surface area contributed by atoms with Crippen LogP contribution in [-0.2, 0) is 9.53 Å². The minimum Gasteiger partial charge on any atom is -0.495 e. The number of aromatic nitrogens is 1. The van der Waals surface area contributed by atoms with Gasteiger partial charge in [-0.25, -0.2) is 4.79 Å². The highest BCUT2D eigenvalue weighted by molar-refractivity contribution is 7.10. The van der Waals surface area contributed by atoms with Crippen LogP contribution in [0.15, 0.2) is 24.3 Å². The number of aryl methyl sites for hydroxylation is 1. The molecule has 1 amide bonds. The number of hydrogen-bond acceptors (Lipinski definition) is 7. The number of nitrogens with zero attached hydrogens (tertiary/aromatic N) is 1. The molecule has 2 N–H and O–H groups in total. The fourth-order valence-electron chi connectivity index (χ4n) is 2.04. The van der Waals surface area contributed by atoms with E-state index >= 15 is 0 Å². The molecule has 8 heteroatoms. The highest BCUT2D eigenvalue weighted by atomic mass is 32.1. The molecular weight excluding hydrogens is 330 g/mol. The van der Waals surface area contributed by atoms with Gasteiger partial charge in [0.15, 0.2) is 6.10 Å². The molecule has 0 saturated carbocycles. The first-order valence-electron chi connectivity index (χ1n) is 7.26. The number of ether oxygens (including phenoxy) is 2. The normalized spacial score (nSPS) is 11.5. The van der Waals surface area contributed by atoms with Crippen LogP contribution in [0, 0.1) is 6.92 Å². The molecule has 0 radical (unpaired) electrons. The van der Waals surface area contributed by atoms with Crippen molar-refractivity contribution in [2.24, 2.45) is 0 Å². The molecule has 2 aromatic rings. The number of amides is 1. The molecule has 2 rings (SSSR count). The summed E-state index contributed by atoms with van der Waals surface area (Å²) in [6, 6.07) is 7.00. The first kappa shape index (κ1) is 17.7. The topological polar surface area (TPSA) is 89.5 Å². The number of anilines is 2. The van der Waals surface area contributed by atoms with Gasteiger partial charge < -0.3 is 20.1 Å². The van der Waals surface area contributed by atoms with Crippen LogP contribution in [0.25, 0.3) is 0 Å². The van der Waals surface area contributed by atoms with E-state index in [0.29, 0.717) is 27.7 Å². The van der Waals surface area contributed by atoms with Gasteiger partial charge in [0.1, 0.15) is 16.3 Å². The number of hydrogen-bond donors (Lipinski definition) is 2. The van der Waals surface area contributed by atoms with Gasteiger partial charge in [-0.2, -0.15) is 4.37 Å². The predicted octanol–water partition coefficient (Wildman–Crippen LogP) is 2.69. The molecule has 1 aromatic heterocycles. The van der Waals surface area contributed by atoms with Crippen LogP contribution in [0.4, 0.5) is 10.7 Å². The zero-order valence-corrected chi connectivity index (χ0v) is 14.7.